The summed E-state index contributed by atoms with van der Waals surface area (Å²) in [7, 11) is 1.52. The lowest BCUT2D eigenvalue weighted by atomic mass is 10.0. The van der Waals surface area contributed by atoms with Gasteiger partial charge in [0.15, 0.2) is 0 Å². The number of ether oxygens (including phenoxy) is 6. The SMILES string of the molecule is CN(CC(=O)O)CC(O)COCC(O)COCC(O)COCC(O)COCC(O)COCC(O)COCC(O)CN(C[C@H](O)[C@@H](O)[C@H](O)[C@H](O)CO)C[C@H](O)[C@@H](O)[C@H](O)[C@H](O)CO. The van der Waals surface area contributed by atoms with E-state index in [0.717, 1.165) is 4.90 Å². The number of likely N-dealkylation sites (N-methyl/N-ethyl adjacent to an activating group) is 1. The average molecular weight is 935 g/mol. The Hall–Kier alpha value is -1.53. The van der Waals surface area contributed by atoms with Gasteiger partial charge in [0, 0.05) is 26.2 Å². The van der Waals surface area contributed by atoms with Crippen LogP contribution in [-0.4, -0.2) is 332 Å². The molecule has 63 heavy (non-hydrogen) atoms. The molecular formula is C36H74N2O25. The molecule has 7 unspecified atom stereocenters. The lowest BCUT2D eigenvalue weighted by molar-refractivity contribution is -0.138. The highest BCUT2D eigenvalue weighted by molar-refractivity contribution is 5.69. The number of rotatable bonds is 42. The number of carboxylic acid groups (broad SMARTS) is 1. The van der Waals surface area contributed by atoms with Crippen LogP contribution in [0.4, 0.5) is 0 Å². The van der Waals surface area contributed by atoms with E-state index in [1.54, 1.807) is 0 Å². The minimum absolute atomic E-state index is 0.0555. The van der Waals surface area contributed by atoms with E-state index in [1.807, 2.05) is 0 Å². The fraction of sp³-hybridized carbons (Fsp3) is 0.972. The van der Waals surface area contributed by atoms with Gasteiger partial charge in [-0.25, -0.2) is 0 Å². The van der Waals surface area contributed by atoms with Gasteiger partial charge in [0.2, 0.25) is 0 Å². The van der Waals surface area contributed by atoms with Crippen LogP contribution in [0.15, 0.2) is 0 Å². The quantitative estimate of drug-likeness (QED) is 0.0270. The van der Waals surface area contributed by atoms with Gasteiger partial charge in [0.05, 0.1) is 123 Å². The van der Waals surface area contributed by atoms with E-state index in [2.05, 4.69) is 0 Å². The number of carbonyl (C=O) groups is 1. The first kappa shape index (κ1) is 61.5. The Morgan fingerprint density at radius 1 is 0.381 bits per heavy atom. The lowest BCUT2D eigenvalue weighted by Gasteiger charge is -2.34. The molecule has 0 aromatic carbocycles. The van der Waals surface area contributed by atoms with Crippen molar-refractivity contribution >= 4 is 5.97 Å². The Balaban J connectivity index is 4.41. The van der Waals surface area contributed by atoms with Gasteiger partial charge in [-0.15, -0.1) is 0 Å². The predicted molar refractivity (Wildman–Crippen MR) is 211 cm³/mol. The maximum atomic E-state index is 10.7. The van der Waals surface area contributed by atoms with E-state index in [1.165, 1.54) is 11.9 Å². The van der Waals surface area contributed by atoms with E-state index in [-0.39, 0.29) is 85.8 Å². The molecule has 0 fully saturated rings. The van der Waals surface area contributed by atoms with E-state index < -0.39 is 137 Å². The Labute approximate surface area is 364 Å². The van der Waals surface area contributed by atoms with Gasteiger partial charge in [-0.1, -0.05) is 0 Å². The van der Waals surface area contributed by atoms with Crippen LogP contribution in [0.5, 0.6) is 0 Å². The van der Waals surface area contributed by atoms with Crippen molar-refractivity contribution in [3.8, 4) is 0 Å². The zero-order chi connectivity index (χ0) is 48.1. The van der Waals surface area contributed by atoms with Crippen molar-refractivity contribution in [2.45, 2.75) is 91.6 Å². The topological polar surface area (TPSA) is 443 Å². The fourth-order valence-corrected chi connectivity index (χ4v) is 5.44. The number of hydrogen-bond acceptors (Lipinski definition) is 26. The number of nitrogens with zero attached hydrogens (tertiary/aromatic N) is 2. The van der Waals surface area contributed by atoms with Crippen LogP contribution in [0.1, 0.15) is 0 Å². The van der Waals surface area contributed by atoms with Crippen LogP contribution < -0.4 is 0 Å². The van der Waals surface area contributed by atoms with E-state index in [4.69, 9.17) is 43.7 Å². The van der Waals surface area contributed by atoms with Gasteiger partial charge in [-0.2, -0.15) is 0 Å². The van der Waals surface area contributed by atoms with Crippen LogP contribution in [0, 0.1) is 0 Å². The lowest BCUT2D eigenvalue weighted by Crippen LogP contribution is -2.54. The monoisotopic (exact) mass is 934 g/mol. The summed E-state index contributed by atoms with van der Waals surface area (Å²) in [5.74, 6) is -1.04. The predicted octanol–water partition coefficient (Wildman–Crippen LogP) is -11.2. The molecule has 27 heteroatoms. The molecule has 0 aromatic rings. The minimum atomic E-state index is -2.02. The van der Waals surface area contributed by atoms with Gasteiger partial charge in [-0.3, -0.25) is 14.6 Å². The first-order chi connectivity index (χ1) is 29.6. The van der Waals surface area contributed by atoms with Gasteiger partial charge in [0.25, 0.3) is 0 Å². The second-order valence-electron chi connectivity index (χ2n) is 15.2. The molecule has 15 atom stereocenters. The third kappa shape index (κ3) is 30.4. The van der Waals surface area contributed by atoms with Crippen molar-refractivity contribution in [3.63, 3.8) is 0 Å². The summed E-state index contributed by atoms with van der Waals surface area (Å²) in [5.41, 5.74) is 0. The van der Waals surface area contributed by atoms with Crippen molar-refractivity contribution < 1.29 is 125 Å². The third-order valence-corrected chi connectivity index (χ3v) is 8.66. The Bertz CT molecular complexity index is 1080. The van der Waals surface area contributed by atoms with Crippen LogP contribution in [0.2, 0.25) is 0 Å². The number of aliphatic hydroxyl groups excluding tert-OH is 17. The molecule has 18 N–H and O–H groups in total. The van der Waals surface area contributed by atoms with Crippen molar-refractivity contribution in [3.05, 3.63) is 0 Å². The molecule has 0 bridgehead atoms. The highest BCUT2D eigenvalue weighted by Crippen LogP contribution is 2.12. The highest BCUT2D eigenvalue weighted by Gasteiger charge is 2.35. The molecule has 378 valence electrons. The molecular weight excluding hydrogens is 860 g/mol. The summed E-state index contributed by atoms with van der Waals surface area (Å²) in [4.78, 5) is 13.1. The van der Waals surface area contributed by atoms with Crippen LogP contribution >= 0.6 is 0 Å². The molecule has 0 saturated heterocycles. The summed E-state index contributed by atoms with van der Waals surface area (Å²) in [6.07, 6.45) is -23.5. The van der Waals surface area contributed by atoms with Gasteiger partial charge in [0.1, 0.15) is 67.1 Å². The van der Waals surface area contributed by atoms with Crippen LogP contribution in [0.3, 0.4) is 0 Å². The number of carboxylic acids is 1. The maximum Gasteiger partial charge on any atom is 0.317 e. The highest BCUT2D eigenvalue weighted by atomic mass is 16.5. The van der Waals surface area contributed by atoms with E-state index in [0.29, 0.717) is 0 Å². The second kappa shape index (κ2) is 35.6. The van der Waals surface area contributed by atoms with Gasteiger partial charge >= 0.3 is 5.97 Å². The number of hydrogen-bond donors (Lipinski definition) is 18. The van der Waals surface area contributed by atoms with Crippen LogP contribution in [-0.2, 0) is 33.2 Å². The maximum absolute atomic E-state index is 10.7. The average Bonchev–Trinajstić information content (AvgIpc) is 3.21. The third-order valence-electron chi connectivity index (χ3n) is 8.66. The zero-order valence-corrected chi connectivity index (χ0v) is 35.4. The normalized spacial score (nSPS) is 19.7. The number of aliphatic carboxylic acids is 1. The van der Waals surface area contributed by atoms with Crippen LogP contribution in [0.25, 0.3) is 0 Å². The molecule has 0 heterocycles. The minimum Gasteiger partial charge on any atom is -0.480 e. The summed E-state index contributed by atoms with van der Waals surface area (Å²) < 4.78 is 31.3. The largest absolute Gasteiger partial charge is 0.480 e. The molecule has 0 aliphatic carbocycles. The summed E-state index contributed by atoms with van der Waals surface area (Å²) in [6.45, 7) is -6.93. The second-order valence-corrected chi connectivity index (χ2v) is 15.2. The fourth-order valence-electron chi connectivity index (χ4n) is 5.44. The summed E-state index contributed by atoms with van der Waals surface area (Å²) in [6, 6.07) is 0. The Morgan fingerprint density at radius 3 is 0.873 bits per heavy atom. The van der Waals surface area contributed by atoms with Crippen molar-refractivity contribution in [1.82, 2.24) is 9.80 Å². The van der Waals surface area contributed by atoms with Gasteiger partial charge in [-0.05, 0) is 7.05 Å². The molecule has 0 aliphatic heterocycles. The van der Waals surface area contributed by atoms with Crippen molar-refractivity contribution in [2.24, 2.45) is 0 Å². The smallest absolute Gasteiger partial charge is 0.317 e. The summed E-state index contributed by atoms with van der Waals surface area (Å²) in [5, 5.41) is 178. The molecule has 0 spiro atoms. The first-order valence-electron chi connectivity index (χ1n) is 20.1. The summed E-state index contributed by atoms with van der Waals surface area (Å²) >= 11 is 0. The molecule has 0 aliphatic rings. The molecule has 0 saturated carbocycles. The van der Waals surface area contributed by atoms with Gasteiger partial charge < -0.3 is 120 Å². The van der Waals surface area contributed by atoms with Crippen molar-refractivity contribution in [1.29, 1.82) is 0 Å². The Kier molecular flexibility index (Phi) is 34.8. The van der Waals surface area contributed by atoms with Crippen molar-refractivity contribution in [2.75, 3.05) is 132 Å². The molecule has 0 aromatic heterocycles. The molecule has 0 rings (SSSR count). The number of aliphatic hydroxyl groups is 17. The zero-order valence-electron chi connectivity index (χ0n) is 35.4. The molecule has 0 radical (unpaired) electrons. The molecule has 0 amide bonds. The van der Waals surface area contributed by atoms with E-state index >= 15 is 0 Å². The Morgan fingerprint density at radius 2 is 0.619 bits per heavy atom. The standard InChI is InChI=1S/C36H74N2O25/c1-37(6-32(52)53)2-21(41)9-58-11-23(43)13-60-15-25(45)17-62-19-27(47)20-63-18-26(46)16-61-14-24(44)12-59-10-22(42)3-38(4-28(48)33(54)35(56)30(50)7-39)5-29(49)34(55)36(57)31(51)8-40/h21-31,33-36,39-51,54-57H,2-20H2,1H3,(H,52,53)/t21?,22?,23?,24?,25?,26?,27?,28-,29-,30+,31+,33+,34+,35+,36+/m0/s1. The first-order valence-corrected chi connectivity index (χ1v) is 20.1. The van der Waals surface area contributed by atoms with E-state index in [9.17, 15) is 81.4 Å². The molecule has 27 nitrogen and oxygen atoms in total.